The van der Waals surface area contributed by atoms with E-state index in [1.807, 2.05) is 24.3 Å². The number of fused-ring (bicyclic) bond motifs is 3. The molecule has 22 heavy (non-hydrogen) atoms. The highest BCUT2D eigenvalue weighted by Gasteiger charge is 2.45. The van der Waals surface area contributed by atoms with Gasteiger partial charge in [0.1, 0.15) is 12.2 Å². The Kier molecular flexibility index (Phi) is 2.93. The Bertz CT molecular complexity index is 728. The van der Waals surface area contributed by atoms with E-state index in [4.69, 9.17) is 9.47 Å². The van der Waals surface area contributed by atoms with Crippen LogP contribution in [0.3, 0.4) is 0 Å². The summed E-state index contributed by atoms with van der Waals surface area (Å²) < 4.78 is 10.8. The molecule has 4 heteroatoms. The molecule has 3 aliphatic rings. The molecular formula is C18H16O4. The van der Waals surface area contributed by atoms with Crippen molar-refractivity contribution in [3.63, 3.8) is 0 Å². The maximum absolute atomic E-state index is 12.1. The summed E-state index contributed by atoms with van der Waals surface area (Å²) in [5.74, 6) is -0.426. The van der Waals surface area contributed by atoms with E-state index in [1.54, 1.807) is 13.0 Å². The average molecular weight is 296 g/mol. The molecule has 0 bridgehead atoms. The van der Waals surface area contributed by atoms with Crippen LogP contribution in [0.5, 0.6) is 0 Å². The van der Waals surface area contributed by atoms with E-state index in [0.717, 1.165) is 17.6 Å². The van der Waals surface area contributed by atoms with E-state index in [1.165, 1.54) is 5.56 Å². The van der Waals surface area contributed by atoms with Crippen molar-refractivity contribution in [3.8, 4) is 0 Å². The lowest BCUT2D eigenvalue weighted by Gasteiger charge is -2.08. The van der Waals surface area contributed by atoms with E-state index in [0.29, 0.717) is 12.0 Å². The van der Waals surface area contributed by atoms with Gasteiger partial charge >= 0.3 is 11.9 Å². The third-order valence-electron chi connectivity index (χ3n) is 4.62. The fraction of sp³-hybridized carbons (Fsp3) is 0.333. The quantitative estimate of drug-likeness (QED) is 0.622. The molecule has 0 radical (unpaired) electrons. The van der Waals surface area contributed by atoms with Gasteiger partial charge < -0.3 is 9.47 Å². The predicted molar refractivity (Wildman–Crippen MR) is 78.8 cm³/mol. The molecule has 1 aliphatic carbocycles. The number of benzene rings is 1. The van der Waals surface area contributed by atoms with Crippen LogP contribution in [0.4, 0.5) is 0 Å². The van der Waals surface area contributed by atoms with Crippen molar-refractivity contribution in [3.05, 3.63) is 58.7 Å². The van der Waals surface area contributed by atoms with E-state index in [-0.39, 0.29) is 30.1 Å². The molecule has 1 aromatic carbocycles. The number of esters is 2. The fourth-order valence-electron chi connectivity index (χ4n) is 3.52. The topological polar surface area (TPSA) is 52.6 Å². The average Bonchev–Trinajstić information content (AvgIpc) is 3.10. The van der Waals surface area contributed by atoms with Crippen LogP contribution in [-0.2, 0) is 25.5 Å². The first kappa shape index (κ1) is 13.3. The molecule has 112 valence electrons. The molecule has 2 aliphatic heterocycles. The van der Waals surface area contributed by atoms with Crippen LogP contribution in [0, 0.1) is 5.92 Å². The van der Waals surface area contributed by atoms with Gasteiger partial charge in [-0.15, -0.1) is 0 Å². The summed E-state index contributed by atoms with van der Waals surface area (Å²) in [6.45, 7) is 1.74. The fourth-order valence-corrected chi connectivity index (χ4v) is 3.52. The van der Waals surface area contributed by atoms with Gasteiger partial charge in [0.15, 0.2) is 0 Å². The minimum atomic E-state index is -0.274. The van der Waals surface area contributed by atoms with Gasteiger partial charge in [-0.1, -0.05) is 30.3 Å². The second-order valence-electron chi connectivity index (χ2n) is 6.02. The maximum atomic E-state index is 12.1. The monoisotopic (exact) mass is 296 g/mol. The first-order valence-corrected chi connectivity index (χ1v) is 7.51. The molecule has 1 fully saturated rings. The van der Waals surface area contributed by atoms with Crippen molar-refractivity contribution in [2.75, 3.05) is 0 Å². The Morgan fingerprint density at radius 3 is 2.77 bits per heavy atom. The highest BCUT2D eigenvalue weighted by atomic mass is 16.6. The summed E-state index contributed by atoms with van der Waals surface area (Å²) >= 11 is 0. The Hall–Kier alpha value is -2.36. The van der Waals surface area contributed by atoms with E-state index >= 15 is 0 Å². The Morgan fingerprint density at radius 1 is 1.18 bits per heavy atom. The zero-order chi connectivity index (χ0) is 15.3. The number of carbonyl (C=O) groups excluding carboxylic acids is 2. The van der Waals surface area contributed by atoms with Crippen LogP contribution in [0.2, 0.25) is 0 Å². The number of rotatable bonds is 2. The molecule has 1 saturated heterocycles. The number of ether oxygens (including phenoxy) is 2. The molecule has 0 amide bonds. The molecule has 0 N–H and O–H groups in total. The first-order chi connectivity index (χ1) is 10.6. The Morgan fingerprint density at radius 2 is 2.00 bits per heavy atom. The standard InChI is InChI=1S/C18H16O4/c1-10-8-12(21-17(10)19)6-7-14-15-9-11-4-2-3-5-13(11)16(15)22-18(14)20/h2-5,7-8,12,15-16H,6,9H2,1H3/b14-7-. The zero-order valence-corrected chi connectivity index (χ0v) is 12.2. The third-order valence-corrected chi connectivity index (χ3v) is 4.62. The van der Waals surface area contributed by atoms with Gasteiger partial charge in [0, 0.05) is 23.5 Å². The summed E-state index contributed by atoms with van der Waals surface area (Å²) in [4.78, 5) is 23.5. The molecule has 2 heterocycles. The van der Waals surface area contributed by atoms with Crippen LogP contribution in [0.1, 0.15) is 30.6 Å². The molecule has 4 nitrogen and oxygen atoms in total. The smallest absolute Gasteiger partial charge is 0.334 e. The van der Waals surface area contributed by atoms with Gasteiger partial charge in [-0.05, 0) is 30.5 Å². The highest BCUT2D eigenvalue weighted by molar-refractivity contribution is 5.92. The Labute approximate surface area is 128 Å². The van der Waals surface area contributed by atoms with E-state index < -0.39 is 0 Å². The van der Waals surface area contributed by atoms with Crippen molar-refractivity contribution >= 4 is 11.9 Å². The number of hydrogen-bond acceptors (Lipinski definition) is 4. The maximum Gasteiger partial charge on any atom is 0.334 e. The van der Waals surface area contributed by atoms with Gasteiger partial charge in [0.25, 0.3) is 0 Å². The molecule has 3 atom stereocenters. The highest BCUT2D eigenvalue weighted by Crippen LogP contribution is 2.47. The van der Waals surface area contributed by atoms with Gasteiger partial charge in [-0.3, -0.25) is 0 Å². The normalized spacial score (nSPS) is 30.9. The SMILES string of the molecule is CC1=CC(C/C=C2\C(=O)OC3c4ccccc4CC23)OC1=O. The van der Waals surface area contributed by atoms with Gasteiger partial charge in [0.05, 0.1) is 0 Å². The van der Waals surface area contributed by atoms with Gasteiger partial charge in [-0.2, -0.15) is 0 Å². The summed E-state index contributed by atoms with van der Waals surface area (Å²) in [6.07, 6.45) is 4.62. The second-order valence-corrected chi connectivity index (χ2v) is 6.02. The minimum absolute atomic E-state index is 0.0899. The van der Waals surface area contributed by atoms with Crippen molar-refractivity contribution in [2.45, 2.75) is 32.0 Å². The van der Waals surface area contributed by atoms with Crippen molar-refractivity contribution in [2.24, 2.45) is 5.92 Å². The molecule has 4 rings (SSSR count). The van der Waals surface area contributed by atoms with Crippen LogP contribution in [0.25, 0.3) is 0 Å². The molecule has 1 aromatic rings. The largest absolute Gasteiger partial charge is 0.454 e. The van der Waals surface area contributed by atoms with Crippen LogP contribution >= 0.6 is 0 Å². The molecule has 3 unspecified atom stereocenters. The lowest BCUT2D eigenvalue weighted by molar-refractivity contribution is -0.139. The number of hydrogen-bond donors (Lipinski definition) is 0. The van der Waals surface area contributed by atoms with E-state index in [9.17, 15) is 9.59 Å². The minimum Gasteiger partial charge on any atom is -0.454 e. The predicted octanol–water partition coefficient (Wildman–Crippen LogP) is 2.65. The zero-order valence-electron chi connectivity index (χ0n) is 12.2. The van der Waals surface area contributed by atoms with Crippen molar-refractivity contribution in [1.82, 2.24) is 0 Å². The number of carbonyl (C=O) groups is 2. The molecule has 0 saturated carbocycles. The first-order valence-electron chi connectivity index (χ1n) is 7.51. The van der Waals surface area contributed by atoms with Crippen molar-refractivity contribution in [1.29, 1.82) is 0 Å². The summed E-state index contributed by atoms with van der Waals surface area (Å²) in [5.41, 5.74) is 3.71. The van der Waals surface area contributed by atoms with Crippen LogP contribution < -0.4 is 0 Å². The number of cyclic esters (lactones) is 1. The lowest BCUT2D eigenvalue weighted by atomic mass is 9.95. The van der Waals surface area contributed by atoms with Gasteiger partial charge in [0.2, 0.25) is 0 Å². The van der Waals surface area contributed by atoms with Crippen LogP contribution in [0.15, 0.2) is 47.6 Å². The molecule has 0 spiro atoms. The second kappa shape index (κ2) is 4.83. The summed E-state index contributed by atoms with van der Waals surface area (Å²) in [6, 6.07) is 8.10. The molecule has 0 aromatic heterocycles. The Balaban J connectivity index is 1.55. The van der Waals surface area contributed by atoms with E-state index in [2.05, 4.69) is 6.07 Å². The van der Waals surface area contributed by atoms with Gasteiger partial charge in [-0.25, -0.2) is 9.59 Å². The molecular weight excluding hydrogens is 280 g/mol. The summed E-state index contributed by atoms with van der Waals surface area (Å²) in [5, 5.41) is 0. The third kappa shape index (κ3) is 1.98. The lowest BCUT2D eigenvalue weighted by Crippen LogP contribution is -2.09. The summed E-state index contributed by atoms with van der Waals surface area (Å²) in [7, 11) is 0. The van der Waals surface area contributed by atoms with Crippen LogP contribution in [-0.4, -0.2) is 18.0 Å². The van der Waals surface area contributed by atoms with Crippen molar-refractivity contribution < 1.29 is 19.1 Å².